The molecule has 0 N–H and O–H groups in total. The fourth-order valence-corrected chi connectivity index (χ4v) is 0.346. The van der Waals surface area contributed by atoms with Gasteiger partial charge in [-0.05, 0) is 5.92 Å². The zero-order valence-corrected chi connectivity index (χ0v) is 5.07. The summed E-state index contributed by atoms with van der Waals surface area (Å²) >= 11 is 0. The van der Waals surface area contributed by atoms with Crippen molar-refractivity contribution in [3.8, 4) is 12.3 Å². The van der Waals surface area contributed by atoms with E-state index in [-0.39, 0.29) is 0 Å². The molecule has 0 rings (SSSR count). The first-order valence-electron chi connectivity index (χ1n) is 2.74. The first kappa shape index (κ1) is 6.56. The minimum absolute atomic E-state index is 0.713. The van der Waals surface area contributed by atoms with E-state index in [1.54, 1.807) is 0 Å². The Labute approximate surface area is 45.9 Å². The van der Waals surface area contributed by atoms with Gasteiger partial charge in [-0.2, -0.15) is 0 Å². The maximum atomic E-state index is 5.06. The lowest BCUT2D eigenvalue weighted by atomic mass is 10.1. The summed E-state index contributed by atoms with van der Waals surface area (Å²) in [5.41, 5.74) is 0. The average Bonchev–Trinajstić information content (AvgIpc) is 1.68. The Kier molecular flexibility index (Phi) is 3.50. The van der Waals surface area contributed by atoms with E-state index < -0.39 is 0 Å². The molecule has 0 aliphatic rings. The van der Waals surface area contributed by atoms with Crippen molar-refractivity contribution in [2.75, 3.05) is 0 Å². The van der Waals surface area contributed by atoms with Gasteiger partial charge in [-0.3, -0.25) is 0 Å². The topological polar surface area (TPSA) is 0 Å². The van der Waals surface area contributed by atoms with Crippen LogP contribution < -0.4 is 0 Å². The number of hydrogen-bond acceptors (Lipinski definition) is 0. The molecule has 0 amide bonds. The minimum Gasteiger partial charge on any atom is -0.120 e. The van der Waals surface area contributed by atoms with E-state index in [4.69, 9.17) is 6.42 Å². The summed E-state index contributed by atoms with van der Waals surface area (Å²) in [7, 11) is 0. The lowest BCUT2D eigenvalue weighted by Crippen LogP contribution is -1.86. The Balaban J connectivity index is 3.03. The van der Waals surface area contributed by atoms with E-state index in [0.717, 1.165) is 6.42 Å². The largest absolute Gasteiger partial charge is 0.120 e. The quantitative estimate of drug-likeness (QED) is 0.461. The normalized spacial score (nSPS) is 12.7. The van der Waals surface area contributed by atoms with Crippen molar-refractivity contribution in [3.05, 3.63) is 0 Å². The van der Waals surface area contributed by atoms with Crippen LogP contribution in [0, 0.1) is 18.3 Å². The fourth-order valence-electron chi connectivity index (χ4n) is 0.346. The van der Waals surface area contributed by atoms with Crippen LogP contribution in [0.2, 0.25) is 0 Å². The van der Waals surface area contributed by atoms with Crippen molar-refractivity contribution in [3.63, 3.8) is 0 Å². The van der Waals surface area contributed by atoms with Crippen molar-refractivity contribution in [2.24, 2.45) is 5.92 Å². The molecule has 0 aromatic heterocycles. The van der Waals surface area contributed by atoms with E-state index >= 15 is 0 Å². The minimum atomic E-state index is 0.713. The van der Waals surface area contributed by atoms with Gasteiger partial charge in [-0.1, -0.05) is 20.3 Å². The Morgan fingerprint density at radius 1 is 1.71 bits per heavy atom. The van der Waals surface area contributed by atoms with Crippen LogP contribution in [-0.2, 0) is 0 Å². The molecular formula is C7H12. The van der Waals surface area contributed by atoms with Crippen LogP contribution in [0.15, 0.2) is 0 Å². The predicted molar refractivity (Wildman–Crippen MR) is 32.9 cm³/mol. The second kappa shape index (κ2) is 3.74. The molecule has 0 heterocycles. The van der Waals surface area contributed by atoms with Gasteiger partial charge in [0.2, 0.25) is 0 Å². The lowest BCUT2D eigenvalue weighted by molar-refractivity contribution is 0.581. The maximum Gasteiger partial charge on any atom is 0.0112 e. The number of terminal acetylenes is 1. The van der Waals surface area contributed by atoms with E-state index in [1.807, 2.05) is 0 Å². The summed E-state index contributed by atoms with van der Waals surface area (Å²) in [6.07, 6.45) is 7.18. The highest BCUT2D eigenvalue weighted by Crippen LogP contribution is 2.02. The van der Waals surface area contributed by atoms with Gasteiger partial charge in [0, 0.05) is 6.42 Å². The van der Waals surface area contributed by atoms with Gasteiger partial charge in [0.25, 0.3) is 0 Å². The van der Waals surface area contributed by atoms with Crippen molar-refractivity contribution >= 4 is 0 Å². The van der Waals surface area contributed by atoms with Gasteiger partial charge in [0.1, 0.15) is 0 Å². The van der Waals surface area contributed by atoms with Gasteiger partial charge in [-0.15, -0.1) is 12.3 Å². The highest BCUT2D eigenvalue weighted by molar-refractivity contribution is 4.84. The zero-order valence-electron chi connectivity index (χ0n) is 5.07. The molecule has 0 bridgehead atoms. The van der Waals surface area contributed by atoms with Gasteiger partial charge in [-0.25, -0.2) is 0 Å². The second-order valence-electron chi connectivity index (χ2n) is 1.92. The van der Waals surface area contributed by atoms with Crippen LogP contribution in [0.4, 0.5) is 0 Å². The smallest absolute Gasteiger partial charge is 0.0112 e. The monoisotopic (exact) mass is 96.1 g/mol. The predicted octanol–water partition coefficient (Wildman–Crippen LogP) is 2.06. The molecule has 1 unspecified atom stereocenters. The highest BCUT2D eigenvalue weighted by atomic mass is 14.0. The van der Waals surface area contributed by atoms with Crippen LogP contribution >= 0.6 is 0 Å². The third-order valence-corrected chi connectivity index (χ3v) is 1.16. The molecule has 0 fully saturated rings. The standard InChI is InChI=1S/C7H12/c1-4-6-7(3)5-2/h1,7H,5-6H2,2-3H3. The summed E-state index contributed by atoms with van der Waals surface area (Å²) in [6.45, 7) is 4.32. The van der Waals surface area contributed by atoms with Crippen LogP contribution in [0.3, 0.4) is 0 Å². The zero-order chi connectivity index (χ0) is 5.70. The third kappa shape index (κ3) is 3.39. The molecule has 0 saturated carbocycles. The Bertz CT molecular complexity index is 66.6. The molecule has 1 atom stereocenters. The van der Waals surface area contributed by atoms with Crippen LogP contribution in [-0.4, -0.2) is 0 Å². The fraction of sp³-hybridized carbons (Fsp3) is 0.714. The van der Waals surface area contributed by atoms with Crippen molar-refractivity contribution in [1.29, 1.82) is 0 Å². The van der Waals surface area contributed by atoms with E-state index in [0.29, 0.717) is 5.92 Å². The number of hydrogen-bond donors (Lipinski definition) is 0. The van der Waals surface area contributed by atoms with Crippen molar-refractivity contribution in [2.45, 2.75) is 26.7 Å². The molecule has 0 spiro atoms. The maximum absolute atomic E-state index is 5.06. The summed E-state index contributed by atoms with van der Waals surface area (Å²) in [4.78, 5) is 0. The average molecular weight is 96.2 g/mol. The molecule has 0 nitrogen and oxygen atoms in total. The van der Waals surface area contributed by atoms with Crippen molar-refractivity contribution in [1.82, 2.24) is 0 Å². The lowest BCUT2D eigenvalue weighted by Gasteiger charge is -1.98. The first-order chi connectivity index (χ1) is 3.31. The van der Waals surface area contributed by atoms with Gasteiger partial charge < -0.3 is 0 Å². The van der Waals surface area contributed by atoms with E-state index in [2.05, 4.69) is 19.8 Å². The molecule has 0 aromatic rings. The van der Waals surface area contributed by atoms with E-state index in [9.17, 15) is 0 Å². The Morgan fingerprint density at radius 2 is 2.29 bits per heavy atom. The summed E-state index contributed by atoms with van der Waals surface area (Å²) in [6, 6.07) is 0. The molecule has 0 radical (unpaired) electrons. The number of rotatable bonds is 2. The molecule has 0 heteroatoms. The van der Waals surface area contributed by atoms with Crippen LogP contribution in [0.25, 0.3) is 0 Å². The van der Waals surface area contributed by atoms with Gasteiger partial charge >= 0.3 is 0 Å². The molecule has 0 aromatic carbocycles. The molecule has 0 aliphatic carbocycles. The summed E-state index contributed by atoms with van der Waals surface area (Å²) < 4.78 is 0. The second-order valence-corrected chi connectivity index (χ2v) is 1.92. The van der Waals surface area contributed by atoms with Gasteiger partial charge in [0.05, 0.1) is 0 Å². The molecule has 7 heavy (non-hydrogen) atoms. The highest BCUT2D eigenvalue weighted by Gasteiger charge is 1.91. The SMILES string of the molecule is C#CCC(C)CC. The van der Waals surface area contributed by atoms with Gasteiger partial charge in [0.15, 0.2) is 0 Å². The summed E-state index contributed by atoms with van der Waals surface area (Å²) in [5.74, 6) is 3.33. The molecule has 40 valence electrons. The van der Waals surface area contributed by atoms with Crippen molar-refractivity contribution < 1.29 is 0 Å². The molecule has 0 saturated heterocycles. The molecule has 0 aliphatic heterocycles. The van der Waals surface area contributed by atoms with E-state index in [1.165, 1.54) is 6.42 Å². The van der Waals surface area contributed by atoms with Crippen LogP contribution in [0.5, 0.6) is 0 Å². The first-order valence-corrected chi connectivity index (χ1v) is 2.74. The molecular weight excluding hydrogens is 84.1 g/mol. The summed E-state index contributed by atoms with van der Waals surface area (Å²) in [5, 5.41) is 0. The van der Waals surface area contributed by atoms with Crippen LogP contribution in [0.1, 0.15) is 26.7 Å². The Hall–Kier alpha value is -0.440. The third-order valence-electron chi connectivity index (χ3n) is 1.16. The Morgan fingerprint density at radius 3 is 2.43 bits per heavy atom.